The van der Waals surface area contributed by atoms with Crippen LogP contribution in [0.4, 0.5) is 0 Å². The number of methoxy groups -OCH3 is 1. The van der Waals surface area contributed by atoms with Crippen LogP contribution in [0.1, 0.15) is 15.2 Å². The van der Waals surface area contributed by atoms with Crippen LogP contribution in [-0.2, 0) is 0 Å². The third-order valence-electron chi connectivity index (χ3n) is 2.22. The number of ether oxygens (including phenoxy) is 1. The van der Waals surface area contributed by atoms with Crippen LogP contribution >= 0.6 is 38.9 Å². The van der Waals surface area contributed by atoms with Gasteiger partial charge in [-0.1, -0.05) is 23.7 Å². The van der Waals surface area contributed by atoms with Gasteiger partial charge in [0, 0.05) is 0 Å². The Labute approximate surface area is 116 Å². The lowest BCUT2D eigenvalue weighted by Gasteiger charge is -2.05. The second-order valence-corrected chi connectivity index (χ2v) is 6.04. The first kappa shape index (κ1) is 12.6. The number of ketones is 1. The molecule has 0 aliphatic heterocycles. The fourth-order valence-corrected chi connectivity index (χ4v) is 3.08. The van der Waals surface area contributed by atoms with E-state index in [0.29, 0.717) is 21.2 Å². The van der Waals surface area contributed by atoms with E-state index in [-0.39, 0.29) is 5.78 Å². The van der Waals surface area contributed by atoms with E-state index in [0.717, 1.165) is 3.79 Å². The molecule has 0 radical (unpaired) electrons. The van der Waals surface area contributed by atoms with Gasteiger partial charge in [0.2, 0.25) is 5.78 Å². The van der Waals surface area contributed by atoms with Crippen LogP contribution in [0.15, 0.2) is 34.1 Å². The molecule has 1 aromatic carbocycles. The van der Waals surface area contributed by atoms with Gasteiger partial charge < -0.3 is 4.74 Å². The predicted octanol–water partition coefficient (Wildman–Crippen LogP) is 4.40. The average Bonchev–Trinajstić information content (AvgIpc) is 2.68. The highest BCUT2D eigenvalue weighted by Gasteiger charge is 2.17. The van der Waals surface area contributed by atoms with Crippen molar-refractivity contribution in [2.24, 2.45) is 0 Å². The molecule has 0 bridgehead atoms. The summed E-state index contributed by atoms with van der Waals surface area (Å²) in [6, 6.07) is 8.79. The van der Waals surface area contributed by atoms with Crippen LogP contribution < -0.4 is 4.74 Å². The summed E-state index contributed by atoms with van der Waals surface area (Å²) in [5, 5.41) is 0.549. The van der Waals surface area contributed by atoms with Gasteiger partial charge >= 0.3 is 0 Å². The third kappa shape index (κ3) is 2.54. The minimum Gasteiger partial charge on any atom is -0.496 e. The molecule has 0 amide bonds. The molecule has 0 aliphatic carbocycles. The van der Waals surface area contributed by atoms with Crippen LogP contribution in [0.5, 0.6) is 5.75 Å². The van der Waals surface area contributed by atoms with Gasteiger partial charge in [-0.25, -0.2) is 0 Å². The molecular weight excluding hydrogens is 324 g/mol. The van der Waals surface area contributed by atoms with Gasteiger partial charge in [-0.15, -0.1) is 11.3 Å². The predicted molar refractivity (Wildman–Crippen MR) is 73.5 cm³/mol. The molecule has 1 heterocycles. The maximum atomic E-state index is 12.2. The highest BCUT2D eigenvalue weighted by Crippen LogP contribution is 2.34. The number of carbonyl (C=O) groups is 1. The van der Waals surface area contributed by atoms with Gasteiger partial charge in [0.05, 0.1) is 26.4 Å². The standard InChI is InChI=1S/C12H8BrClO2S/c1-16-9-5-3-2-4-7(9)11(15)10-6-8(14)12(13)17-10/h2-6H,1H3. The van der Waals surface area contributed by atoms with E-state index in [2.05, 4.69) is 15.9 Å². The van der Waals surface area contributed by atoms with Gasteiger partial charge in [-0.05, 0) is 34.1 Å². The molecule has 0 saturated heterocycles. The molecule has 0 N–H and O–H groups in total. The maximum Gasteiger partial charge on any atom is 0.206 e. The van der Waals surface area contributed by atoms with Crippen molar-refractivity contribution < 1.29 is 9.53 Å². The summed E-state index contributed by atoms with van der Waals surface area (Å²) in [4.78, 5) is 12.8. The summed E-state index contributed by atoms with van der Waals surface area (Å²) >= 11 is 10.5. The lowest BCUT2D eigenvalue weighted by molar-refractivity contribution is 0.103. The fourth-order valence-electron chi connectivity index (χ4n) is 1.42. The molecule has 2 nitrogen and oxygen atoms in total. The van der Waals surface area contributed by atoms with E-state index in [1.54, 1.807) is 31.4 Å². The number of halogens is 2. The molecule has 2 rings (SSSR count). The topological polar surface area (TPSA) is 26.3 Å². The first-order valence-corrected chi connectivity index (χ1v) is 6.74. The van der Waals surface area contributed by atoms with Crippen molar-refractivity contribution >= 4 is 44.7 Å². The largest absolute Gasteiger partial charge is 0.496 e. The number of rotatable bonds is 3. The summed E-state index contributed by atoms with van der Waals surface area (Å²) in [7, 11) is 1.55. The summed E-state index contributed by atoms with van der Waals surface area (Å²) in [5.74, 6) is 0.484. The Bertz CT molecular complexity index is 546. The molecular formula is C12H8BrClO2S. The van der Waals surface area contributed by atoms with E-state index in [9.17, 15) is 4.79 Å². The number of carbonyl (C=O) groups excluding carboxylic acids is 1. The van der Waals surface area contributed by atoms with E-state index in [1.807, 2.05) is 6.07 Å². The van der Waals surface area contributed by atoms with Crippen molar-refractivity contribution in [1.29, 1.82) is 0 Å². The number of benzene rings is 1. The van der Waals surface area contributed by atoms with Crippen LogP contribution in [0.3, 0.4) is 0 Å². The first-order valence-electron chi connectivity index (χ1n) is 4.76. The van der Waals surface area contributed by atoms with Crippen LogP contribution in [0.25, 0.3) is 0 Å². The average molecular weight is 332 g/mol. The maximum absolute atomic E-state index is 12.2. The van der Waals surface area contributed by atoms with Gasteiger partial charge in [-0.2, -0.15) is 0 Å². The van der Waals surface area contributed by atoms with E-state index in [1.165, 1.54) is 11.3 Å². The zero-order valence-electron chi connectivity index (χ0n) is 8.87. The van der Waals surface area contributed by atoms with Gasteiger partial charge in [0.1, 0.15) is 5.75 Å². The highest BCUT2D eigenvalue weighted by atomic mass is 79.9. The van der Waals surface area contributed by atoms with Gasteiger partial charge in [-0.3, -0.25) is 4.79 Å². The van der Waals surface area contributed by atoms with E-state index < -0.39 is 0 Å². The minimum atomic E-state index is -0.0833. The Kier molecular flexibility index (Phi) is 3.86. The lowest BCUT2D eigenvalue weighted by Crippen LogP contribution is -2.01. The summed E-state index contributed by atoms with van der Waals surface area (Å²) in [6.07, 6.45) is 0. The molecule has 2 aromatic rings. The number of para-hydroxylation sites is 1. The minimum absolute atomic E-state index is 0.0833. The Balaban J connectivity index is 2.43. The van der Waals surface area contributed by atoms with Gasteiger partial charge in [0.25, 0.3) is 0 Å². The van der Waals surface area contributed by atoms with Crippen molar-refractivity contribution in [1.82, 2.24) is 0 Å². The van der Waals surface area contributed by atoms with Crippen LogP contribution in [-0.4, -0.2) is 12.9 Å². The quantitative estimate of drug-likeness (QED) is 0.779. The zero-order chi connectivity index (χ0) is 12.4. The molecule has 0 fully saturated rings. The molecule has 0 unspecified atom stereocenters. The number of thiophene rings is 1. The van der Waals surface area contributed by atoms with Crippen molar-refractivity contribution in [3.05, 3.63) is 49.6 Å². The molecule has 0 atom stereocenters. The smallest absolute Gasteiger partial charge is 0.206 e. The molecule has 17 heavy (non-hydrogen) atoms. The number of hydrogen-bond donors (Lipinski definition) is 0. The Morgan fingerprint density at radius 3 is 2.71 bits per heavy atom. The van der Waals surface area contributed by atoms with Crippen LogP contribution in [0, 0.1) is 0 Å². The Morgan fingerprint density at radius 2 is 2.12 bits per heavy atom. The summed E-state index contributed by atoms with van der Waals surface area (Å²) in [5.41, 5.74) is 0.542. The molecule has 88 valence electrons. The van der Waals surface area contributed by atoms with E-state index in [4.69, 9.17) is 16.3 Å². The highest BCUT2D eigenvalue weighted by molar-refractivity contribution is 9.11. The Morgan fingerprint density at radius 1 is 1.41 bits per heavy atom. The molecule has 0 aliphatic rings. The zero-order valence-corrected chi connectivity index (χ0v) is 12.0. The first-order chi connectivity index (χ1) is 8.13. The molecule has 0 saturated carbocycles. The fraction of sp³-hybridized carbons (Fsp3) is 0.0833. The van der Waals surface area contributed by atoms with Gasteiger partial charge in [0.15, 0.2) is 0 Å². The second kappa shape index (κ2) is 5.21. The summed E-state index contributed by atoms with van der Waals surface area (Å²) in [6.45, 7) is 0. The second-order valence-electron chi connectivity index (χ2n) is 3.26. The van der Waals surface area contributed by atoms with E-state index >= 15 is 0 Å². The number of hydrogen-bond acceptors (Lipinski definition) is 3. The van der Waals surface area contributed by atoms with Crippen molar-refractivity contribution in [2.45, 2.75) is 0 Å². The normalized spacial score (nSPS) is 10.3. The third-order valence-corrected chi connectivity index (χ3v) is 4.69. The van der Waals surface area contributed by atoms with Crippen molar-refractivity contribution in [3.8, 4) is 5.75 Å². The molecule has 5 heteroatoms. The van der Waals surface area contributed by atoms with Crippen molar-refractivity contribution in [3.63, 3.8) is 0 Å². The van der Waals surface area contributed by atoms with Crippen molar-refractivity contribution in [2.75, 3.05) is 7.11 Å². The van der Waals surface area contributed by atoms with Crippen LogP contribution in [0.2, 0.25) is 5.02 Å². The SMILES string of the molecule is COc1ccccc1C(=O)c1cc(Cl)c(Br)s1. The lowest BCUT2D eigenvalue weighted by atomic mass is 10.1. The molecule has 1 aromatic heterocycles. The Hall–Kier alpha value is -0.840. The molecule has 0 spiro atoms. The summed E-state index contributed by atoms with van der Waals surface area (Å²) < 4.78 is 5.93. The monoisotopic (exact) mass is 330 g/mol.